The molecule has 0 saturated carbocycles. The highest BCUT2D eigenvalue weighted by Crippen LogP contribution is 2.56. The topological polar surface area (TPSA) is 253 Å². The highest BCUT2D eigenvalue weighted by Gasteiger charge is 2.50. The van der Waals surface area contributed by atoms with Gasteiger partial charge in [0, 0.05) is 85.7 Å². The van der Waals surface area contributed by atoms with E-state index < -0.39 is 94.7 Å². The lowest BCUT2D eigenvalue weighted by molar-refractivity contribution is -0.160. The minimum absolute atomic E-state index is 0.0403. The van der Waals surface area contributed by atoms with Gasteiger partial charge in [-0.2, -0.15) is 0 Å². The zero-order valence-corrected chi connectivity index (χ0v) is 32.7. The van der Waals surface area contributed by atoms with Crippen LogP contribution >= 0.6 is 0 Å². The molecule has 3 aliphatic heterocycles. The molecule has 0 radical (unpaired) electrons. The van der Waals surface area contributed by atoms with Crippen molar-refractivity contribution < 1.29 is 58.9 Å². The predicted molar refractivity (Wildman–Crippen MR) is 205 cm³/mol. The lowest BCUT2D eigenvalue weighted by atomic mass is 9.78. The summed E-state index contributed by atoms with van der Waals surface area (Å²) < 4.78 is 23.4. The molecule has 9 atom stereocenters. The number of aromatic hydroxyl groups is 3. The van der Waals surface area contributed by atoms with E-state index in [0.717, 1.165) is 0 Å². The quantitative estimate of drug-likeness (QED) is 0.123. The second-order valence-electron chi connectivity index (χ2n) is 14.8. The number of esters is 1. The van der Waals surface area contributed by atoms with Gasteiger partial charge in [0.1, 0.15) is 23.4 Å². The number of nitrogens with two attached hydrogens (primary N) is 2. The number of hydrogen-bond acceptors (Lipinski definition) is 14. The van der Waals surface area contributed by atoms with Crippen LogP contribution in [0.25, 0.3) is 10.8 Å². The fourth-order valence-electron chi connectivity index (χ4n) is 7.48. The summed E-state index contributed by atoms with van der Waals surface area (Å²) >= 11 is 0. The number of Topliss-reactive ketones (excluding diaryl/α,β-unsaturated/α-hetero) is 1. The molecule has 1 amide bonds. The monoisotopic (exact) mass is 769 g/mol. The number of aliphatic hydroxyl groups is 2. The largest absolute Gasteiger partial charge is 0.507 e. The van der Waals surface area contributed by atoms with Crippen LogP contribution in [0.5, 0.6) is 23.0 Å². The summed E-state index contributed by atoms with van der Waals surface area (Å²) in [7, 11) is 1.43. The van der Waals surface area contributed by atoms with Gasteiger partial charge in [0.2, 0.25) is 0 Å². The fourth-order valence-corrected chi connectivity index (χ4v) is 7.48. The molecule has 0 spiro atoms. The van der Waals surface area contributed by atoms with E-state index in [9.17, 15) is 39.9 Å². The van der Waals surface area contributed by atoms with Crippen LogP contribution in [0.15, 0.2) is 36.1 Å². The number of ether oxygens (including phenoxy) is 4. The number of anilines is 1. The van der Waals surface area contributed by atoms with Crippen LogP contribution in [0, 0.1) is 30.6 Å². The van der Waals surface area contributed by atoms with Gasteiger partial charge in [0.05, 0.1) is 41.2 Å². The molecule has 0 saturated heterocycles. The Morgan fingerprint density at radius 3 is 2.16 bits per heavy atom. The van der Waals surface area contributed by atoms with Crippen LogP contribution in [0.4, 0.5) is 5.69 Å². The standard InChI is InChI=1S/C40H55N3O12/c1-17-11-10-12-18(2)39(51)43-30-26(24(15-41)16-42)34(48)27-28(35(30)49)33(47)22(6)37-29(27)38(50)40(8,55-37)53-14-13-25(52-9)19(3)36(54-23(7)44)21(5)32(46)20(4)31(17)45/h10-14,17,19-21,24-25,31-32,36,45-49H,15-16,41-42H2,1-9H3,(H,43,51)/b11-10+,14-13+,18-12-/t17-,19+,20+,21+,25-,31-,32+,36+,40-/m0/s1. The molecule has 0 aromatic heterocycles. The number of aliphatic hydroxyl groups excluding tert-OH is 2. The Labute approximate surface area is 320 Å². The second kappa shape index (κ2) is 17.0. The van der Waals surface area contributed by atoms with Gasteiger partial charge in [0.25, 0.3) is 11.7 Å². The van der Waals surface area contributed by atoms with E-state index in [0.29, 0.717) is 0 Å². The van der Waals surface area contributed by atoms with Crippen LogP contribution in [0.2, 0.25) is 0 Å². The number of nitrogens with one attached hydrogen (secondary N) is 1. The molecule has 55 heavy (non-hydrogen) atoms. The number of methoxy groups -OCH3 is 1. The van der Waals surface area contributed by atoms with E-state index in [2.05, 4.69) is 5.32 Å². The molecule has 15 nitrogen and oxygen atoms in total. The first-order valence-corrected chi connectivity index (χ1v) is 18.3. The number of ketones is 1. The lowest BCUT2D eigenvalue weighted by Gasteiger charge is -2.38. The van der Waals surface area contributed by atoms with Gasteiger partial charge < -0.3 is 61.3 Å². The van der Waals surface area contributed by atoms with E-state index in [4.69, 9.17) is 30.4 Å². The Hall–Kier alpha value is -4.67. The van der Waals surface area contributed by atoms with Crippen LogP contribution in [0.3, 0.4) is 0 Å². The van der Waals surface area contributed by atoms with Gasteiger partial charge in [-0.05, 0) is 19.9 Å². The smallest absolute Gasteiger partial charge is 0.312 e. The molecule has 0 unspecified atom stereocenters. The number of fused-ring (bicyclic) bond motifs is 14. The van der Waals surface area contributed by atoms with Gasteiger partial charge >= 0.3 is 11.8 Å². The molecule has 3 aliphatic rings. The summed E-state index contributed by atoms with van der Waals surface area (Å²) in [5.74, 6) is -9.29. The molecule has 5 rings (SSSR count). The van der Waals surface area contributed by atoms with E-state index in [1.165, 1.54) is 53.2 Å². The minimum atomic E-state index is -2.05. The van der Waals surface area contributed by atoms with Crippen molar-refractivity contribution >= 4 is 34.1 Å². The fraction of sp³-hybridized carbons (Fsp3) is 0.525. The van der Waals surface area contributed by atoms with Gasteiger partial charge in [0.15, 0.2) is 5.75 Å². The summed E-state index contributed by atoms with van der Waals surface area (Å²) in [6, 6.07) is 0. The van der Waals surface area contributed by atoms with Crippen molar-refractivity contribution in [2.45, 2.75) is 91.5 Å². The number of rotatable bonds is 5. The van der Waals surface area contributed by atoms with Gasteiger partial charge in [-0.15, -0.1) is 0 Å². The molecule has 2 aromatic rings. The molecule has 10 N–H and O–H groups in total. The van der Waals surface area contributed by atoms with Crippen LogP contribution in [-0.4, -0.2) is 93.6 Å². The molecule has 2 aromatic carbocycles. The summed E-state index contributed by atoms with van der Waals surface area (Å²) in [5.41, 5.74) is 11.8. The Morgan fingerprint density at radius 2 is 1.58 bits per heavy atom. The molecule has 5 bridgehead atoms. The Bertz CT molecular complexity index is 1900. The van der Waals surface area contributed by atoms with Crippen LogP contribution < -0.4 is 21.5 Å². The number of allylic oxidation sites excluding steroid dienone is 2. The predicted octanol–water partition coefficient (Wildman–Crippen LogP) is 3.76. The van der Waals surface area contributed by atoms with Gasteiger partial charge in [-0.1, -0.05) is 45.9 Å². The van der Waals surface area contributed by atoms with Crippen molar-refractivity contribution in [3.63, 3.8) is 0 Å². The molecular formula is C40H55N3O12. The number of carbonyl (C=O) groups is 3. The number of carbonyl (C=O) groups excluding carboxylic acids is 3. The van der Waals surface area contributed by atoms with Crippen molar-refractivity contribution in [2.75, 3.05) is 25.5 Å². The normalized spacial score (nSPS) is 31.4. The SMILES string of the molecule is CO[C@H]1/C=C/O[C@@]2(C)Oc3c(C)c(O)c4c(O)c(c(C(CN)CN)c(O)c4c3C2=O)NC(=O)/C(C)=C\C=C\[C@H](C)[C@H](O)[C@@H](C)[C@@H](O)[C@@H](C)[C@H](OC(C)=O)[C@@H]1C. The maximum absolute atomic E-state index is 14.3. The van der Waals surface area contributed by atoms with Gasteiger partial charge in [-0.3, -0.25) is 14.4 Å². The minimum Gasteiger partial charge on any atom is -0.507 e. The number of phenols is 3. The molecular weight excluding hydrogens is 714 g/mol. The average Bonchev–Trinajstić information content (AvgIpc) is 3.41. The summed E-state index contributed by atoms with van der Waals surface area (Å²) in [6.07, 6.45) is 3.46. The third-order valence-electron chi connectivity index (χ3n) is 11.0. The average molecular weight is 770 g/mol. The Balaban J connectivity index is 1.98. The second-order valence-corrected chi connectivity index (χ2v) is 14.8. The Kier molecular flexibility index (Phi) is 13.3. The number of benzene rings is 2. The first kappa shape index (κ1) is 43.1. The maximum Gasteiger partial charge on any atom is 0.312 e. The number of hydrogen-bond donors (Lipinski definition) is 8. The third kappa shape index (κ3) is 8.03. The van der Waals surface area contributed by atoms with E-state index in [-0.39, 0.29) is 57.6 Å². The molecule has 302 valence electrons. The van der Waals surface area contributed by atoms with Gasteiger partial charge in [-0.25, -0.2) is 0 Å². The van der Waals surface area contributed by atoms with Crippen molar-refractivity contribution in [3.8, 4) is 23.0 Å². The van der Waals surface area contributed by atoms with E-state index in [1.807, 2.05) is 0 Å². The van der Waals surface area contributed by atoms with Crippen molar-refractivity contribution in [2.24, 2.45) is 35.1 Å². The summed E-state index contributed by atoms with van der Waals surface area (Å²) in [4.78, 5) is 40.2. The summed E-state index contributed by atoms with van der Waals surface area (Å²) in [6.45, 7) is 12.2. The molecule has 0 fully saturated rings. The van der Waals surface area contributed by atoms with Crippen molar-refractivity contribution in [1.29, 1.82) is 0 Å². The molecule has 0 aliphatic carbocycles. The highest BCUT2D eigenvalue weighted by molar-refractivity contribution is 6.22. The van der Waals surface area contributed by atoms with Crippen molar-refractivity contribution in [3.05, 3.63) is 52.8 Å². The highest BCUT2D eigenvalue weighted by atomic mass is 16.7. The third-order valence-corrected chi connectivity index (χ3v) is 11.0. The van der Waals surface area contributed by atoms with E-state index in [1.54, 1.807) is 39.8 Å². The Morgan fingerprint density at radius 1 is 0.945 bits per heavy atom. The van der Waals surface area contributed by atoms with Crippen molar-refractivity contribution in [1.82, 2.24) is 0 Å². The first-order valence-electron chi connectivity index (χ1n) is 18.3. The van der Waals surface area contributed by atoms with E-state index >= 15 is 0 Å². The van der Waals surface area contributed by atoms with Crippen LogP contribution in [0.1, 0.15) is 75.9 Å². The first-order chi connectivity index (χ1) is 25.8. The molecule has 3 heterocycles. The zero-order valence-electron chi connectivity index (χ0n) is 32.7. The number of phenolic OH excluding ortho intramolecular Hbond substituents is 3. The lowest BCUT2D eigenvalue weighted by Crippen LogP contribution is -2.46. The maximum atomic E-state index is 14.3. The number of amides is 1. The summed E-state index contributed by atoms with van der Waals surface area (Å²) in [5, 5.41) is 60.0. The molecule has 15 heteroatoms. The van der Waals surface area contributed by atoms with Crippen LogP contribution in [-0.2, 0) is 23.8 Å². The zero-order chi connectivity index (χ0) is 41.3.